The van der Waals surface area contributed by atoms with E-state index in [1.54, 1.807) is 0 Å². The molecule has 0 fully saturated rings. The number of nitrogens with zero attached hydrogens (tertiary/aromatic N) is 1. The van der Waals surface area contributed by atoms with Gasteiger partial charge in [-0.3, -0.25) is 0 Å². The van der Waals surface area contributed by atoms with Crippen molar-refractivity contribution < 1.29 is 0 Å². The Hall–Kier alpha value is -1.16. The van der Waals surface area contributed by atoms with E-state index in [9.17, 15) is 0 Å². The number of hydrogen-bond acceptors (Lipinski definition) is 3. The first-order valence-electron chi connectivity index (χ1n) is 6.68. The molecule has 2 N–H and O–H groups in total. The summed E-state index contributed by atoms with van der Waals surface area (Å²) in [5.74, 6) is 0. The largest absolute Gasteiger partial charge is 0.323 e. The fourth-order valence-electron chi connectivity index (χ4n) is 2.10. The second-order valence-corrected chi connectivity index (χ2v) is 6.14. The average Bonchev–Trinajstić information content (AvgIpc) is 2.90. The van der Waals surface area contributed by atoms with Crippen molar-refractivity contribution >= 4 is 11.3 Å². The highest BCUT2D eigenvalue weighted by Crippen LogP contribution is 2.13. The van der Waals surface area contributed by atoms with Crippen molar-refractivity contribution in [1.29, 1.82) is 0 Å². The molecule has 0 bridgehead atoms. The summed E-state index contributed by atoms with van der Waals surface area (Å²) in [6.07, 6.45) is 1.11. The first-order chi connectivity index (χ1) is 9.15. The Morgan fingerprint density at radius 3 is 2.58 bits per heavy atom. The zero-order valence-corrected chi connectivity index (χ0v) is 12.5. The van der Waals surface area contributed by atoms with Crippen LogP contribution in [0.1, 0.15) is 22.0 Å². The molecule has 1 aromatic heterocycles. The van der Waals surface area contributed by atoms with Crippen LogP contribution in [0.3, 0.4) is 0 Å². The van der Waals surface area contributed by atoms with E-state index < -0.39 is 0 Å². The lowest BCUT2D eigenvalue weighted by molar-refractivity contribution is 0.317. The van der Waals surface area contributed by atoms with Gasteiger partial charge in [-0.25, -0.2) is 0 Å². The summed E-state index contributed by atoms with van der Waals surface area (Å²) in [4.78, 5) is 3.75. The number of likely N-dealkylation sites (N-methyl/N-ethyl adjacent to an activating group) is 1. The third-order valence-corrected chi connectivity index (χ3v) is 4.27. The van der Waals surface area contributed by atoms with Crippen molar-refractivity contribution in [3.05, 3.63) is 57.8 Å². The molecule has 0 aliphatic carbocycles. The molecule has 0 aliphatic heterocycles. The van der Waals surface area contributed by atoms with Crippen molar-refractivity contribution in [2.45, 2.75) is 19.4 Å². The smallest absolute Gasteiger partial charge is 0.0424 e. The van der Waals surface area contributed by atoms with E-state index in [0.29, 0.717) is 0 Å². The molecule has 2 rings (SSSR count). The molecule has 102 valence electrons. The van der Waals surface area contributed by atoms with Crippen LogP contribution in [0.2, 0.25) is 0 Å². The minimum atomic E-state index is 0.0916. The lowest BCUT2D eigenvalue weighted by atomic mass is 10.1. The third kappa shape index (κ3) is 4.46. The van der Waals surface area contributed by atoms with E-state index in [2.05, 4.69) is 60.6 Å². The lowest BCUT2D eigenvalue weighted by Crippen LogP contribution is -2.30. The number of benzene rings is 1. The van der Waals surface area contributed by atoms with Crippen molar-refractivity contribution in [1.82, 2.24) is 4.90 Å². The van der Waals surface area contributed by atoms with Gasteiger partial charge in [-0.2, -0.15) is 0 Å². The van der Waals surface area contributed by atoms with Crippen LogP contribution in [0, 0.1) is 6.92 Å². The van der Waals surface area contributed by atoms with Crippen LogP contribution in [0.15, 0.2) is 41.8 Å². The van der Waals surface area contributed by atoms with Gasteiger partial charge >= 0.3 is 0 Å². The van der Waals surface area contributed by atoms with E-state index in [1.807, 2.05) is 11.3 Å². The molecule has 0 spiro atoms. The molecule has 0 saturated carbocycles. The maximum Gasteiger partial charge on any atom is 0.0424 e. The van der Waals surface area contributed by atoms with Gasteiger partial charge in [0.25, 0.3) is 0 Å². The molecule has 2 aromatic rings. The van der Waals surface area contributed by atoms with Gasteiger partial charge in [0.1, 0.15) is 0 Å². The van der Waals surface area contributed by atoms with Gasteiger partial charge in [-0.05, 0) is 37.4 Å². The van der Waals surface area contributed by atoms with Gasteiger partial charge < -0.3 is 10.6 Å². The molecular formula is C16H22N2S. The average molecular weight is 274 g/mol. The molecule has 1 aromatic carbocycles. The van der Waals surface area contributed by atoms with Crippen LogP contribution in [-0.4, -0.2) is 25.0 Å². The molecule has 0 aliphatic rings. The van der Waals surface area contributed by atoms with Gasteiger partial charge in [0.15, 0.2) is 0 Å². The van der Waals surface area contributed by atoms with Gasteiger partial charge in [-0.1, -0.05) is 35.9 Å². The molecule has 3 heteroatoms. The SMILES string of the molecule is Cc1ccc(C(N)CN(C)CCc2cccs2)cc1. The Kier molecular flexibility index (Phi) is 5.14. The summed E-state index contributed by atoms with van der Waals surface area (Å²) in [6.45, 7) is 4.05. The monoisotopic (exact) mass is 274 g/mol. The molecule has 0 saturated heterocycles. The molecule has 1 heterocycles. The number of aryl methyl sites for hydroxylation is 1. The predicted molar refractivity (Wildman–Crippen MR) is 83.6 cm³/mol. The summed E-state index contributed by atoms with van der Waals surface area (Å²) < 4.78 is 0. The molecule has 19 heavy (non-hydrogen) atoms. The molecule has 0 radical (unpaired) electrons. The summed E-state index contributed by atoms with van der Waals surface area (Å²) in [7, 11) is 2.14. The second-order valence-electron chi connectivity index (χ2n) is 5.11. The van der Waals surface area contributed by atoms with E-state index in [4.69, 9.17) is 5.73 Å². The van der Waals surface area contributed by atoms with Gasteiger partial charge in [0, 0.05) is 24.0 Å². The summed E-state index contributed by atoms with van der Waals surface area (Å²) in [5, 5.41) is 2.13. The zero-order valence-electron chi connectivity index (χ0n) is 11.7. The Balaban J connectivity index is 1.81. The Morgan fingerprint density at radius 1 is 1.21 bits per heavy atom. The van der Waals surface area contributed by atoms with E-state index in [1.165, 1.54) is 16.0 Å². The second kappa shape index (κ2) is 6.85. The van der Waals surface area contributed by atoms with E-state index in [-0.39, 0.29) is 6.04 Å². The summed E-state index contributed by atoms with van der Waals surface area (Å²) in [5.41, 5.74) is 8.75. The highest BCUT2D eigenvalue weighted by atomic mass is 32.1. The fourth-order valence-corrected chi connectivity index (χ4v) is 2.80. The standard InChI is InChI=1S/C16H22N2S/c1-13-5-7-14(8-6-13)16(17)12-18(2)10-9-15-4-3-11-19-15/h3-8,11,16H,9-10,12,17H2,1-2H3. The van der Waals surface area contributed by atoms with Crippen LogP contribution in [0.25, 0.3) is 0 Å². The summed E-state index contributed by atoms with van der Waals surface area (Å²) in [6, 6.07) is 12.9. The molecule has 1 atom stereocenters. The minimum absolute atomic E-state index is 0.0916. The third-order valence-electron chi connectivity index (χ3n) is 3.33. The van der Waals surface area contributed by atoms with Gasteiger partial charge in [-0.15, -0.1) is 11.3 Å². The molecular weight excluding hydrogens is 252 g/mol. The van der Waals surface area contributed by atoms with Gasteiger partial charge in [0.2, 0.25) is 0 Å². The number of thiophene rings is 1. The molecule has 0 amide bonds. The number of nitrogens with two attached hydrogens (primary N) is 1. The number of rotatable bonds is 6. The minimum Gasteiger partial charge on any atom is -0.323 e. The number of hydrogen-bond donors (Lipinski definition) is 1. The first-order valence-corrected chi connectivity index (χ1v) is 7.56. The maximum absolute atomic E-state index is 6.26. The van der Waals surface area contributed by atoms with E-state index >= 15 is 0 Å². The predicted octanol–water partition coefficient (Wildman–Crippen LogP) is 3.23. The van der Waals surface area contributed by atoms with Crippen LogP contribution < -0.4 is 5.73 Å². The summed E-state index contributed by atoms with van der Waals surface area (Å²) >= 11 is 1.82. The molecule has 1 unspecified atom stereocenters. The highest BCUT2D eigenvalue weighted by molar-refractivity contribution is 7.09. The van der Waals surface area contributed by atoms with Crippen LogP contribution in [0.4, 0.5) is 0 Å². The van der Waals surface area contributed by atoms with Crippen molar-refractivity contribution in [2.75, 3.05) is 20.1 Å². The van der Waals surface area contributed by atoms with Gasteiger partial charge in [0.05, 0.1) is 0 Å². The topological polar surface area (TPSA) is 29.3 Å². The zero-order chi connectivity index (χ0) is 13.7. The van der Waals surface area contributed by atoms with Crippen molar-refractivity contribution in [3.8, 4) is 0 Å². The van der Waals surface area contributed by atoms with Crippen LogP contribution in [-0.2, 0) is 6.42 Å². The maximum atomic E-state index is 6.26. The van der Waals surface area contributed by atoms with Crippen LogP contribution in [0.5, 0.6) is 0 Å². The normalized spacial score (nSPS) is 12.8. The van der Waals surface area contributed by atoms with Crippen molar-refractivity contribution in [2.24, 2.45) is 5.73 Å². The Labute approximate surface area is 119 Å². The Bertz CT molecular complexity index is 476. The van der Waals surface area contributed by atoms with Crippen molar-refractivity contribution in [3.63, 3.8) is 0 Å². The Morgan fingerprint density at radius 2 is 1.95 bits per heavy atom. The highest BCUT2D eigenvalue weighted by Gasteiger charge is 2.09. The molecule has 2 nitrogen and oxygen atoms in total. The van der Waals surface area contributed by atoms with Crippen LogP contribution >= 0.6 is 11.3 Å². The lowest BCUT2D eigenvalue weighted by Gasteiger charge is -2.21. The fraction of sp³-hybridized carbons (Fsp3) is 0.375. The first kappa shape index (κ1) is 14.3. The van der Waals surface area contributed by atoms with E-state index in [0.717, 1.165) is 19.5 Å². The quantitative estimate of drug-likeness (QED) is 0.876.